The molecule has 1 amide bonds. The van der Waals surface area contributed by atoms with Gasteiger partial charge in [-0.15, -0.1) is 5.10 Å². The van der Waals surface area contributed by atoms with Crippen LogP contribution < -0.4 is 9.64 Å². The maximum atomic E-state index is 14.5. The van der Waals surface area contributed by atoms with Crippen LogP contribution in [0.3, 0.4) is 0 Å². The number of rotatable bonds is 5. The topological polar surface area (TPSA) is 91.0 Å². The van der Waals surface area contributed by atoms with Crippen LogP contribution in [0.1, 0.15) is 23.7 Å². The van der Waals surface area contributed by atoms with Gasteiger partial charge in [-0.05, 0) is 38.0 Å². The van der Waals surface area contributed by atoms with Gasteiger partial charge in [0.05, 0.1) is 24.7 Å². The van der Waals surface area contributed by atoms with Crippen molar-refractivity contribution in [1.29, 1.82) is 0 Å². The number of methoxy groups -OCH3 is 1. The number of carbonyl (C=O) groups is 1. The number of ether oxygens (including phenoxy) is 1. The number of aryl methyl sites for hydroxylation is 1. The average molecular weight is 515 g/mol. The van der Waals surface area contributed by atoms with E-state index in [1.807, 2.05) is 6.92 Å². The lowest BCUT2D eigenvalue weighted by Gasteiger charge is -2.26. The second kappa shape index (κ2) is 9.30. The average Bonchev–Trinajstić information content (AvgIpc) is 3.49. The van der Waals surface area contributed by atoms with E-state index in [0.717, 1.165) is 11.8 Å². The first-order chi connectivity index (χ1) is 17.6. The minimum atomic E-state index is -4.68. The van der Waals surface area contributed by atoms with Crippen molar-refractivity contribution in [2.75, 3.05) is 18.6 Å². The van der Waals surface area contributed by atoms with Gasteiger partial charge in [-0.2, -0.15) is 13.2 Å². The summed E-state index contributed by atoms with van der Waals surface area (Å²) in [6.45, 7) is 0.295. The molecule has 4 heterocycles. The Bertz CT molecular complexity index is 1460. The molecule has 0 unspecified atom stereocenters. The predicted molar refractivity (Wildman–Crippen MR) is 124 cm³/mol. The zero-order chi connectivity index (χ0) is 26.3. The molecular weight excluding hydrogens is 494 g/mol. The number of pyridine rings is 1. The monoisotopic (exact) mass is 515 g/mol. The van der Waals surface area contributed by atoms with E-state index in [9.17, 15) is 22.4 Å². The number of imidazole rings is 1. The molecule has 4 aromatic rings. The summed E-state index contributed by atoms with van der Waals surface area (Å²) in [5.41, 5.74) is 1.62. The Labute approximate surface area is 208 Å². The van der Waals surface area contributed by atoms with Crippen LogP contribution in [0.25, 0.3) is 17.1 Å². The van der Waals surface area contributed by atoms with Crippen LogP contribution in [0, 0.1) is 12.7 Å². The fraction of sp³-hybridized carbons (Fsp3) is 0.292. The highest BCUT2D eigenvalue weighted by Crippen LogP contribution is 2.35. The number of carbonyl (C=O) groups excluding carboxylic acids is 1. The fourth-order valence-corrected chi connectivity index (χ4v) is 4.36. The molecule has 1 aliphatic rings. The molecule has 3 aromatic heterocycles. The van der Waals surface area contributed by atoms with Crippen molar-refractivity contribution < 1.29 is 27.1 Å². The van der Waals surface area contributed by atoms with Gasteiger partial charge in [0, 0.05) is 23.5 Å². The van der Waals surface area contributed by atoms with Gasteiger partial charge < -0.3 is 9.64 Å². The molecule has 0 spiro atoms. The van der Waals surface area contributed by atoms with Crippen LogP contribution in [0.4, 0.5) is 23.2 Å². The number of nitrogens with zero attached hydrogens (tertiary/aromatic N) is 7. The normalized spacial score (nSPS) is 16.0. The molecule has 37 heavy (non-hydrogen) atoms. The van der Waals surface area contributed by atoms with Crippen LogP contribution in [0.5, 0.6) is 5.75 Å². The summed E-state index contributed by atoms with van der Waals surface area (Å²) in [5, 5.41) is 8.13. The van der Waals surface area contributed by atoms with Crippen molar-refractivity contribution in [3.05, 3.63) is 66.3 Å². The van der Waals surface area contributed by atoms with E-state index in [1.54, 1.807) is 23.2 Å². The summed E-state index contributed by atoms with van der Waals surface area (Å²) in [6, 6.07) is 4.34. The van der Waals surface area contributed by atoms with E-state index < -0.39 is 30.5 Å². The van der Waals surface area contributed by atoms with Gasteiger partial charge >= 0.3 is 6.18 Å². The second-order valence-corrected chi connectivity index (χ2v) is 8.59. The molecule has 9 nitrogen and oxygen atoms in total. The summed E-state index contributed by atoms with van der Waals surface area (Å²) >= 11 is 0. The molecule has 0 saturated heterocycles. The first-order valence-corrected chi connectivity index (χ1v) is 11.3. The maximum Gasteiger partial charge on any atom is 0.406 e. The Kier molecular flexibility index (Phi) is 6.13. The minimum absolute atomic E-state index is 0.0460. The molecule has 0 fully saturated rings. The standard InChI is InChI=1S/C24H21F4N7O2/c1-14-10-33(13-30-14)22-21(37-2)8-15(9-29-22)18-11-35(32-31-18)20-7-6-16-17(25)4-3-5-19(16)34(23(20)36)12-24(26,27)28/h3-5,8-11,13,20H,6-7,12H2,1-2H3/t20-/m0/s1. The number of hydrogen-bond donors (Lipinski definition) is 0. The van der Waals surface area contributed by atoms with Crippen LogP contribution in [-0.4, -0.2) is 55.3 Å². The highest BCUT2D eigenvalue weighted by Gasteiger charge is 2.40. The number of anilines is 1. The van der Waals surface area contributed by atoms with Gasteiger partial charge in [0.15, 0.2) is 11.6 Å². The maximum absolute atomic E-state index is 14.5. The predicted octanol–water partition coefficient (Wildman–Crippen LogP) is 4.06. The Morgan fingerprint density at radius 2 is 2.00 bits per heavy atom. The van der Waals surface area contributed by atoms with Gasteiger partial charge in [0.2, 0.25) is 0 Å². The van der Waals surface area contributed by atoms with Crippen LogP contribution in [0.15, 0.2) is 49.2 Å². The molecule has 5 rings (SSSR count). The number of aromatic nitrogens is 6. The molecule has 0 radical (unpaired) electrons. The van der Waals surface area contributed by atoms with E-state index in [2.05, 4.69) is 20.3 Å². The summed E-state index contributed by atoms with van der Waals surface area (Å²) in [7, 11) is 1.49. The summed E-state index contributed by atoms with van der Waals surface area (Å²) in [5.74, 6) is -0.582. The molecule has 1 aromatic carbocycles. The summed E-state index contributed by atoms with van der Waals surface area (Å²) in [6.07, 6.45) is 1.80. The van der Waals surface area contributed by atoms with Crippen molar-refractivity contribution in [2.24, 2.45) is 0 Å². The molecule has 1 atom stereocenters. The number of fused-ring (bicyclic) bond motifs is 1. The lowest BCUT2D eigenvalue weighted by Crippen LogP contribution is -2.42. The Hall–Kier alpha value is -4.29. The minimum Gasteiger partial charge on any atom is -0.493 e. The lowest BCUT2D eigenvalue weighted by atomic mass is 10.1. The van der Waals surface area contributed by atoms with E-state index >= 15 is 0 Å². The molecule has 0 saturated carbocycles. The Morgan fingerprint density at radius 3 is 2.70 bits per heavy atom. The van der Waals surface area contributed by atoms with Crippen LogP contribution >= 0.6 is 0 Å². The van der Waals surface area contributed by atoms with Gasteiger partial charge in [0.25, 0.3) is 5.91 Å². The fourth-order valence-electron chi connectivity index (χ4n) is 4.36. The molecular formula is C24H21F4N7O2. The smallest absolute Gasteiger partial charge is 0.406 e. The van der Waals surface area contributed by atoms with Crippen LogP contribution in [0.2, 0.25) is 0 Å². The number of amides is 1. The van der Waals surface area contributed by atoms with Crippen molar-refractivity contribution in [2.45, 2.75) is 32.0 Å². The number of hydrogen-bond acceptors (Lipinski definition) is 6. The van der Waals surface area contributed by atoms with Gasteiger partial charge in [0.1, 0.15) is 30.4 Å². The van der Waals surface area contributed by atoms with E-state index in [0.29, 0.717) is 27.7 Å². The quantitative estimate of drug-likeness (QED) is 0.373. The number of alkyl halides is 3. The first-order valence-electron chi connectivity index (χ1n) is 11.3. The molecule has 0 bridgehead atoms. The van der Waals surface area contributed by atoms with Crippen molar-refractivity contribution in [1.82, 2.24) is 29.5 Å². The molecule has 0 aliphatic carbocycles. The van der Waals surface area contributed by atoms with E-state index in [1.165, 1.54) is 36.3 Å². The van der Waals surface area contributed by atoms with Crippen LogP contribution in [-0.2, 0) is 11.2 Å². The zero-order valence-corrected chi connectivity index (χ0v) is 19.8. The van der Waals surface area contributed by atoms with Gasteiger partial charge in [-0.3, -0.25) is 9.36 Å². The highest BCUT2D eigenvalue weighted by atomic mass is 19.4. The third-order valence-corrected chi connectivity index (χ3v) is 6.08. The highest BCUT2D eigenvalue weighted by molar-refractivity contribution is 5.97. The molecule has 1 aliphatic heterocycles. The van der Waals surface area contributed by atoms with Gasteiger partial charge in [-0.1, -0.05) is 11.3 Å². The SMILES string of the molecule is COc1cc(-c2cn([C@H]3CCc4c(F)cccc4N(CC(F)(F)F)C3=O)nn2)cnc1-n1cnc(C)c1. The summed E-state index contributed by atoms with van der Waals surface area (Å²) < 4.78 is 63.0. The molecule has 192 valence electrons. The van der Waals surface area contributed by atoms with E-state index in [4.69, 9.17) is 4.74 Å². The lowest BCUT2D eigenvalue weighted by molar-refractivity contribution is -0.134. The third kappa shape index (κ3) is 4.76. The van der Waals surface area contributed by atoms with Crippen molar-refractivity contribution in [3.8, 4) is 22.8 Å². The third-order valence-electron chi connectivity index (χ3n) is 6.08. The van der Waals surface area contributed by atoms with Gasteiger partial charge in [-0.25, -0.2) is 19.0 Å². The zero-order valence-electron chi connectivity index (χ0n) is 19.8. The molecule has 0 N–H and O–H groups in total. The molecule has 13 heteroatoms. The van der Waals surface area contributed by atoms with Crippen molar-refractivity contribution >= 4 is 11.6 Å². The van der Waals surface area contributed by atoms with Crippen molar-refractivity contribution in [3.63, 3.8) is 0 Å². The second-order valence-electron chi connectivity index (χ2n) is 8.59. The largest absolute Gasteiger partial charge is 0.493 e. The Balaban J connectivity index is 1.48. The first kappa shape index (κ1) is 24.4. The van der Waals surface area contributed by atoms with E-state index in [-0.39, 0.29) is 24.1 Å². The number of benzene rings is 1. The Morgan fingerprint density at radius 1 is 1.19 bits per heavy atom. The number of halogens is 4. The summed E-state index contributed by atoms with van der Waals surface area (Å²) in [4.78, 5) is 22.5.